The number of aromatic nitrogens is 3. The second-order valence-electron chi connectivity index (χ2n) is 4.59. The molecular formula is C11H18N4O3. The average molecular weight is 254 g/mol. The lowest BCUT2D eigenvalue weighted by Gasteiger charge is -2.40. The van der Waals surface area contributed by atoms with Gasteiger partial charge in [-0.25, -0.2) is 4.79 Å². The summed E-state index contributed by atoms with van der Waals surface area (Å²) in [5.74, 6) is -1.05. The lowest BCUT2D eigenvalue weighted by Crippen LogP contribution is -2.48. The summed E-state index contributed by atoms with van der Waals surface area (Å²) in [6.45, 7) is 2.14. The topological polar surface area (TPSA) is 89.3 Å². The first-order valence-corrected chi connectivity index (χ1v) is 6.04. The van der Waals surface area contributed by atoms with Crippen LogP contribution in [0.4, 0.5) is 0 Å². The van der Waals surface area contributed by atoms with Crippen LogP contribution in [0.5, 0.6) is 0 Å². The van der Waals surface area contributed by atoms with Crippen LogP contribution in [0.15, 0.2) is 6.20 Å². The summed E-state index contributed by atoms with van der Waals surface area (Å²) < 4.78 is 7.01. The van der Waals surface area contributed by atoms with Crippen LogP contribution >= 0.6 is 0 Å². The Hall–Kier alpha value is -1.47. The molecule has 7 heteroatoms. The van der Waals surface area contributed by atoms with Crippen molar-refractivity contribution >= 4 is 5.97 Å². The third-order valence-corrected chi connectivity index (χ3v) is 3.42. The van der Waals surface area contributed by atoms with E-state index < -0.39 is 5.97 Å². The highest BCUT2D eigenvalue weighted by atomic mass is 16.5. The molecule has 1 aromatic heterocycles. The quantitative estimate of drug-likeness (QED) is 0.672. The minimum absolute atomic E-state index is 0.00852. The molecular weight excluding hydrogens is 236 g/mol. The summed E-state index contributed by atoms with van der Waals surface area (Å²) in [4.78, 5) is 10.6. The Kier molecular flexibility index (Phi) is 3.93. The third kappa shape index (κ3) is 2.85. The minimum Gasteiger partial charge on any atom is -0.476 e. The maximum atomic E-state index is 10.6. The zero-order valence-electron chi connectivity index (χ0n) is 10.4. The van der Waals surface area contributed by atoms with Gasteiger partial charge < -0.3 is 15.2 Å². The van der Waals surface area contributed by atoms with Gasteiger partial charge in [0.15, 0.2) is 5.69 Å². The molecule has 0 aromatic carbocycles. The molecule has 1 fully saturated rings. The zero-order chi connectivity index (χ0) is 13.0. The molecule has 0 spiro atoms. The van der Waals surface area contributed by atoms with Crippen molar-refractivity contribution in [1.82, 2.24) is 20.3 Å². The van der Waals surface area contributed by atoms with Crippen molar-refractivity contribution < 1.29 is 14.6 Å². The maximum Gasteiger partial charge on any atom is 0.358 e. The van der Waals surface area contributed by atoms with Crippen molar-refractivity contribution in [2.45, 2.75) is 31.4 Å². The van der Waals surface area contributed by atoms with E-state index in [1.54, 1.807) is 7.11 Å². The molecule has 1 heterocycles. The molecule has 0 saturated heterocycles. The van der Waals surface area contributed by atoms with Gasteiger partial charge in [-0.2, -0.15) is 0 Å². The Morgan fingerprint density at radius 1 is 1.67 bits per heavy atom. The van der Waals surface area contributed by atoms with Gasteiger partial charge in [0, 0.05) is 20.2 Å². The number of nitrogens with one attached hydrogen (secondary N) is 1. The monoisotopic (exact) mass is 254 g/mol. The molecule has 1 saturated carbocycles. The van der Waals surface area contributed by atoms with Crippen LogP contribution < -0.4 is 5.32 Å². The van der Waals surface area contributed by atoms with E-state index in [0.717, 1.165) is 19.4 Å². The number of carboxylic acids is 1. The third-order valence-electron chi connectivity index (χ3n) is 3.42. The lowest BCUT2D eigenvalue weighted by molar-refractivity contribution is -0.0693. The fourth-order valence-electron chi connectivity index (χ4n) is 2.04. The van der Waals surface area contributed by atoms with Gasteiger partial charge in [-0.05, 0) is 19.3 Å². The molecule has 0 radical (unpaired) electrons. The lowest BCUT2D eigenvalue weighted by atomic mass is 9.80. The highest BCUT2D eigenvalue weighted by molar-refractivity contribution is 5.84. The van der Waals surface area contributed by atoms with Crippen molar-refractivity contribution in [3.05, 3.63) is 11.9 Å². The van der Waals surface area contributed by atoms with E-state index in [9.17, 15) is 4.79 Å². The molecule has 18 heavy (non-hydrogen) atoms. The van der Waals surface area contributed by atoms with Crippen molar-refractivity contribution in [2.75, 3.05) is 20.2 Å². The van der Waals surface area contributed by atoms with E-state index in [-0.39, 0.29) is 11.3 Å². The van der Waals surface area contributed by atoms with E-state index in [4.69, 9.17) is 9.84 Å². The van der Waals surface area contributed by atoms with Crippen molar-refractivity contribution in [2.24, 2.45) is 0 Å². The molecule has 0 bridgehead atoms. The standard InChI is InChI=1S/C11H18N4O3/c1-18-11(3-2-4-11)8-12-5-6-15-7-9(10(16)17)13-14-15/h7,12H,2-6,8H2,1H3,(H,16,17). The first-order chi connectivity index (χ1) is 8.65. The number of aromatic carboxylic acids is 1. The summed E-state index contributed by atoms with van der Waals surface area (Å²) in [5, 5.41) is 19.3. The number of hydrogen-bond donors (Lipinski definition) is 2. The van der Waals surface area contributed by atoms with Crippen LogP contribution in [0.1, 0.15) is 29.8 Å². The number of hydrogen-bond acceptors (Lipinski definition) is 5. The molecule has 0 atom stereocenters. The normalized spacial score (nSPS) is 17.4. The maximum absolute atomic E-state index is 10.6. The smallest absolute Gasteiger partial charge is 0.358 e. The molecule has 7 nitrogen and oxygen atoms in total. The molecule has 1 aliphatic carbocycles. The second-order valence-corrected chi connectivity index (χ2v) is 4.59. The second kappa shape index (κ2) is 5.45. The number of rotatable bonds is 7. The Morgan fingerprint density at radius 2 is 2.44 bits per heavy atom. The molecule has 0 unspecified atom stereocenters. The van der Waals surface area contributed by atoms with Crippen LogP contribution in [0.25, 0.3) is 0 Å². The number of methoxy groups -OCH3 is 1. The Bertz CT molecular complexity index is 409. The summed E-state index contributed by atoms with van der Waals surface area (Å²) in [6.07, 6.45) is 4.85. The van der Waals surface area contributed by atoms with E-state index in [0.29, 0.717) is 13.1 Å². The highest BCUT2D eigenvalue weighted by Gasteiger charge is 2.36. The average Bonchev–Trinajstić information content (AvgIpc) is 2.76. The van der Waals surface area contributed by atoms with E-state index in [1.165, 1.54) is 17.3 Å². The van der Waals surface area contributed by atoms with Gasteiger partial charge in [-0.3, -0.25) is 4.68 Å². The first kappa shape index (κ1) is 13.0. The first-order valence-electron chi connectivity index (χ1n) is 6.04. The predicted molar refractivity (Wildman–Crippen MR) is 63.4 cm³/mol. The van der Waals surface area contributed by atoms with Crippen LogP contribution in [0.3, 0.4) is 0 Å². The molecule has 0 amide bonds. The van der Waals surface area contributed by atoms with E-state index in [1.807, 2.05) is 0 Å². The molecule has 1 aliphatic rings. The number of nitrogens with zero attached hydrogens (tertiary/aromatic N) is 3. The zero-order valence-corrected chi connectivity index (χ0v) is 10.4. The van der Waals surface area contributed by atoms with Crippen molar-refractivity contribution in [1.29, 1.82) is 0 Å². The van der Waals surface area contributed by atoms with Crippen LogP contribution in [-0.4, -0.2) is 51.9 Å². The van der Waals surface area contributed by atoms with Crippen molar-refractivity contribution in [3.8, 4) is 0 Å². The summed E-state index contributed by atoms with van der Waals surface area (Å²) in [6, 6.07) is 0. The van der Waals surface area contributed by atoms with Gasteiger partial charge in [0.25, 0.3) is 0 Å². The number of ether oxygens (including phenoxy) is 1. The Morgan fingerprint density at radius 3 is 2.94 bits per heavy atom. The van der Waals surface area contributed by atoms with Crippen LogP contribution in [0, 0.1) is 0 Å². The summed E-state index contributed by atoms with van der Waals surface area (Å²) >= 11 is 0. The Balaban J connectivity index is 1.70. The number of carboxylic acid groups (broad SMARTS) is 1. The van der Waals surface area contributed by atoms with Gasteiger partial charge in [0.1, 0.15) is 0 Å². The number of carbonyl (C=O) groups is 1. The summed E-state index contributed by atoms with van der Waals surface area (Å²) in [7, 11) is 1.75. The largest absolute Gasteiger partial charge is 0.476 e. The predicted octanol–water partition coefficient (Wildman–Crippen LogP) is 0.135. The van der Waals surface area contributed by atoms with Gasteiger partial charge in [-0.15, -0.1) is 5.10 Å². The van der Waals surface area contributed by atoms with Gasteiger partial charge in [0.2, 0.25) is 0 Å². The van der Waals surface area contributed by atoms with Gasteiger partial charge in [0.05, 0.1) is 18.3 Å². The van der Waals surface area contributed by atoms with Crippen molar-refractivity contribution in [3.63, 3.8) is 0 Å². The molecule has 0 aliphatic heterocycles. The molecule has 100 valence electrons. The van der Waals surface area contributed by atoms with Crippen LogP contribution in [0.2, 0.25) is 0 Å². The van der Waals surface area contributed by atoms with Crippen LogP contribution in [-0.2, 0) is 11.3 Å². The molecule has 2 rings (SSSR count). The fraction of sp³-hybridized carbons (Fsp3) is 0.727. The minimum atomic E-state index is -1.05. The Labute approximate surface area is 105 Å². The van der Waals surface area contributed by atoms with Gasteiger partial charge >= 0.3 is 5.97 Å². The molecule has 1 aromatic rings. The SMILES string of the molecule is COC1(CNCCn2cc(C(=O)O)nn2)CCC1. The van der Waals surface area contributed by atoms with Gasteiger partial charge in [-0.1, -0.05) is 5.21 Å². The van der Waals surface area contributed by atoms with E-state index in [2.05, 4.69) is 15.6 Å². The van der Waals surface area contributed by atoms with E-state index >= 15 is 0 Å². The highest BCUT2D eigenvalue weighted by Crippen LogP contribution is 2.34. The summed E-state index contributed by atoms with van der Waals surface area (Å²) in [5.41, 5.74) is -0.0171. The molecule has 2 N–H and O–H groups in total. The fourth-order valence-corrected chi connectivity index (χ4v) is 2.04.